The van der Waals surface area contributed by atoms with Crippen LogP contribution < -0.4 is 11.1 Å². The molecule has 2 aromatic rings. The van der Waals surface area contributed by atoms with Crippen molar-refractivity contribution in [3.05, 3.63) is 48.0 Å². The second-order valence-corrected chi connectivity index (χ2v) is 6.00. The van der Waals surface area contributed by atoms with Crippen molar-refractivity contribution in [2.75, 3.05) is 13.2 Å². The Morgan fingerprint density at radius 2 is 1.95 bits per heavy atom. The summed E-state index contributed by atoms with van der Waals surface area (Å²) in [6.07, 6.45) is 3.43. The summed E-state index contributed by atoms with van der Waals surface area (Å²) in [7, 11) is 0. The summed E-state index contributed by atoms with van der Waals surface area (Å²) >= 11 is 0. The van der Waals surface area contributed by atoms with E-state index in [1.54, 1.807) is 0 Å². The van der Waals surface area contributed by atoms with E-state index < -0.39 is 0 Å². The first-order valence-electron chi connectivity index (χ1n) is 7.88. The summed E-state index contributed by atoms with van der Waals surface area (Å²) in [4.78, 5) is 0. The molecule has 0 heterocycles. The summed E-state index contributed by atoms with van der Waals surface area (Å²) < 4.78 is 0. The molecule has 3 heteroatoms. The average Bonchev–Trinajstić information content (AvgIpc) is 2.99. The van der Waals surface area contributed by atoms with Crippen LogP contribution in [0.2, 0.25) is 0 Å². The van der Waals surface area contributed by atoms with Gasteiger partial charge in [-0.05, 0) is 35.1 Å². The summed E-state index contributed by atoms with van der Waals surface area (Å²) in [5, 5.41) is 15.7. The van der Waals surface area contributed by atoms with Crippen LogP contribution in [-0.4, -0.2) is 24.3 Å². The molecule has 0 aliphatic heterocycles. The Morgan fingerprint density at radius 3 is 2.76 bits per heavy atom. The van der Waals surface area contributed by atoms with Crippen LogP contribution in [0, 0.1) is 5.92 Å². The normalized spacial score (nSPS) is 23.5. The Bertz CT molecular complexity index is 593. The van der Waals surface area contributed by atoms with Crippen LogP contribution in [0.15, 0.2) is 42.5 Å². The molecule has 3 unspecified atom stereocenters. The van der Waals surface area contributed by atoms with E-state index in [2.05, 4.69) is 47.8 Å². The second kappa shape index (κ2) is 6.56. The predicted molar refractivity (Wildman–Crippen MR) is 87.1 cm³/mol. The molecule has 4 N–H and O–H groups in total. The van der Waals surface area contributed by atoms with Crippen LogP contribution in [-0.2, 0) is 0 Å². The number of hydrogen-bond acceptors (Lipinski definition) is 3. The number of rotatable bonds is 5. The molecule has 1 saturated carbocycles. The van der Waals surface area contributed by atoms with Gasteiger partial charge < -0.3 is 16.2 Å². The topological polar surface area (TPSA) is 58.3 Å². The summed E-state index contributed by atoms with van der Waals surface area (Å²) in [5.74, 6) is 0.369. The molecule has 0 spiro atoms. The molecule has 1 aliphatic carbocycles. The Kier molecular flexibility index (Phi) is 4.54. The van der Waals surface area contributed by atoms with Gasteiger partial charge in [-0.3, -0.25) is 0 Å². The van der Waals surface area contributed by atoms with E-state index in [0.717, 1.165) is 12.8 Å². The molecule has 3 rings (SSSR count). The largest absolute Gasteiger partial charge is 0.396 e. The van der Waals surface area contributed by atoms with Crippen LogP contribution in [0.1, 0.15) is 30.9 Å². The number of nitrogens with two attached hydrogens (primary N) is 1. The van der Waals surface area contributed by atoms with Crippen molar-refractivity contribution in [2.45, 2.75) is 31.3 Å². The number of fused-ring (bicyclic) bond motifs is 1. The zero-order chi connectivity index (χ0) is 14.7. The lowest BCUT2D eigenvalue weighted by molar-refractivity contribution is 0.200. The Hall–Kier alpha value is -1.42. The van der Waals surface area contributed by atoms with Crippen LogP contribution in [0.25, 0.3) is 10.8 Å². The molecule has 3 nitrogen and oxygen atoms in total. The molecule has 112 valence electrons. The van der Waals surface area contributed by atoms with Crippen molar-refractivity contribution in [3.8, 4) is 0 Å². The van der Waals surface area contributed by atoms with Gasteiger partial charge in [-0.2, -0.15) is 0 Å². The van der Waals surface area contributed by atoms with Crippen molar-refractivity contribution in [1.29, 1.82) is 0 Å². The molecule has 0 bridgehead atoms. The van der Waals surface area contributed by atoms with E-state index in [9.17, 15) is 5.11 Å². The fourth-order valence-electron chi connectivity index (χ4n) is 3.57. The Morgan fingerprint density at radius 1 is 1.14 bits per heavy atom. The molecule has 1 aliphatic rings. The van der Waals surface area contributed by atoms with Crippen LogP contribution in [0.5, 0.6) is 0 Å². The zero-order valence-corrected chi connectivity index (χ0v) is 12.3. The van der Waals surface area contributed by atoms with E-state index in [1.807, 2.05) is 0 Å². The van der Waals surface area contributed by atoms with Gasteiger partial charge in [0.1, 0.15) is 0 Å². The lowest BCUT2D eigenvalue weighted by Gasteiger charge is -2.26. The molecular weight excluding hydrogens is 260 g/mol. The minimum atomic E-state index is 0.147. The molecule has 0 aromatic heterocycles. The highest BCUT2D eigenvalue weighted by molar-refractivity contribution is 5.86. The van der Waals surface area contributed by atoms with Crippen molar-refractivity contribution in [1.82, 2.24) is 5.32 Å². The quantitative estimate of drug-likeness (QED) is 0.791. The van der Waals surface area contributed by atoms with Gasteiger partial charge in [0.25, 0.3) is 0 Å². The minimum Gasteiger partial charge on any atom is -0.396 e. The molecule has 0 saturated heterocycles. The number of aliphatic hydroxyl groups is 1. The summed E-state index contributed by atoms with van der Waals surface area (Å²) in [6, 6.07) is 15.4. The van der Waals surface area contributed by atoms with Gasteiger partial charge in [-0.1, -0.05) is 48.9 Å². The molecule has 1 fully saturated rings. The summed E-state index contributed by atoms with van der Waals surface area (Å²) in [5.41, 5.74) is 7.30. The molecular formula is C18H24N2O. The lowest BCUT2D eigenvalue weighted by Crippen LogP contribution is -2.39. The van der Waals surface area contributed by atoms with Gasteiger partial charge in [-0.25, -0.2) is 0 Å². The highest BCUT2D eigenvalue weighted by Gasteiger charge is 2.28. The SMILES string of the molecule is NCC(NC1CCCC1CO)c1cccc2ccccc12. The monoisotopic (exact) mass is 284 g/mol. The van der Waals surface area contributed by atoms with Crippen molar-refractivity contribution < 1.29 is 5.11 Å². The molecule has 2 aromatic carbocycles. The zero-order valence-electron chi connectivity index (χ0n) is 12.3. The first-order chi connectivity index (χ1) is 10.3. The predicted octanol–water partition coefficient (Wildman–Crippen LogP) is 2.59. The fourth-order valence-corrected chi connectivity index (χ4v) is 3.57. The van der Waals surface area contributed by atoms with Crippen molar-refractivity contribution in [2.24, 2.45) is 11.7 Å². The average molecular weight is 284 g/mol. The lowest BCUT2D eigenvalue weighted by atomic mass is 9.96. The fraction of sp³-hybridized carbons (Fsp3) is 0.444. The first kappa shape index (κ1) is 14.5. The van der Waals surface area contributed by atoms with E-state index in [-0.39, 0.29) is 12.6 Å². The van der Waals surface area contributed by atoms with E-state index in [0.29, 0.717) is 18.5 Å². The van der Waals surface area contributed by atoms with E-state index in [1.165, 1.54) is 22.8 Å². The van der Waals surface area contributed by atoms with Gasteiger partial charge in [-0.15, -0.1) is 0 Å². The maximum absolute atomic E-state index is 9.49. The Labute approximate surface area is 126 Å². The van der Waals surface area contributed by atoms with Gasteiger partial charge in [0.05, 0.1) is 0 Å². The Balaban J connectivity index is 1.88. The maximum atomic E-state index is 9.49. The van der Waals surface area contributed by atoms with Crippen molar-refractivity contribution in [3.63, 3.8) is 0 Å². The van der Waals surface area contributed by atoms with Crippen LogP contribution in [0.4, 0.5) is 0 Å². The van der Waals surface area contributed by atoms with Gasteiger partial charge in [0.2, 0.25) is 0 Å². The van der Waals surface area contributed by atoms with Gasteiger partial charge in [0.15, 0.2) is 0 Å². The number of aliphatic hydroxyl groups excluding tert-OH is 1. The number of benzene rings is 2. The molecule has 0 radical (unpaired) electrons. The highest BCUT2D eigenvalue weighted by Crippen LogP contribution is 2.29. The molecule has 3 atom stereocenters. The van der Waals surface area contributed by atoms with Crippen LogP contribution in [0.3, 0.4) is 0 Å². The molecule has 0 amide bonds. The summed E-state index contributed by atoms with van der Waals surface area (Å²) in [6.45, 7) is 0.840. The second-order valence-electron chi connectivity index (χ2n) is 6.00. The standard InChI is InChI=1S/C18H24N2O/c19-11-18(20-17-10-4-7-14(17)12-21)16-9-3-6-13-5-1-2-8-15(13)16/h1-3,5-6,8-9,14,17-18,20-21H,4,7,10-12,19H2. The third-order valence-corrected chi connectivity index (χ3v) is 4.74. The van der Waals surface area contributed by atoms with E-state index in [4.69, 9.17) is 5.73 Å². The third kappa shape index (κ3) is 2.95. The highest BCUT2D eigenvalue weighted by atomic mass is 16.3. The van der Waals surface area contributed by atoms with Crippen molar-refractivity contribution >= 4 is 10.8 Å². The third-order valence-electron chi connectivity index (χ3n) is 4.74. The van der Waals surface area contributed by atoms with Crippen LogP contribution >= 0.6 is 0 Å². The van der Waals surface area contributed by atoms with E-state index >= 15 is 0 Å². The van der Waals surface area contributed by atoms with Gasteiger partial charge in [0, 0.05) is 25.2 Å². The minimum absolute atomic E-state index is 0.147. The first-order valence-corrected chi connectivity index (χ1v) is 7.88. The molecule has 21 heavy (non-hydrogen) atoms. The smallest absolute Gasteiger partial charge is 0.0474 e. The number of hydrogen-bond donors (Lipinski definition) is 3. The van der Waals surface area contributed by atoms with Gasteiger partial charge >= 0.3 is 0 Å². The maximum Gasteiger partial charge on any atom is 0.0474 e. The number of nitrogens with one attached hydrogen (secondary N) is 1.